The van der Waals surface area contributed by atoms with Gasteiger partial charge < -0.3 is 9.47 Å². The predicted octanol–water partition coefficient (Wildman–Crippen LogP) is 6.96. The molecule has 0 N–H and O–H groups in total. The lowest BCUT2D eigenvalue weighted by Gasteiger charge is -2.22. The summed E-state index contributed by atoms with van der Waals surface area (Å²) in [6, 6.07) is 17.6. The van der Waals surface area contributed by atoms with Gasteiger partial charge in [0, 0.05) is 42.4 Å². The Morgan fingerprint density at radius 2 is 1.85 bits per heavy atom. The number of carbonyl (C=O) groups is 1. The summed E-state index contributed by atoms with van der Waals surface area (Å²) in [7, 11) is 4.14. The van der Waals surface area contributed by atoms with Crippen LogP contribution in [0.2, 0.25) is 0 Å². The molecule has 1 saturated carbocycles. The maximum atomic E-state index is 13.1. The lowest BCUT2D eigenvalue weighted by Crippen LogP contribution is -2.15. The molecule has 1 atom stereocenters. The third kappa shape index (κ3) is 6.14. The number of ketones is 1. The van der Waals surface area contributed by atoms with Crippen LogP contribution in [0, 0.1) is 12.8 Å². The topological polar surface area (TPSA) is 25.2 Å². The first-order valence-electron chi connectivity index (χ1n) is 12.8. The normalized spacial score (nSPS) is 15.9. The minimum Gasteiger partial charge on any atom is -0.347 e. The lowest BCUT2D eigenvalue weighted by molar-refractivity contribution is -0.119. The van der Waals surface area contributed by atoms with Crippen molar-refractivity contribution in [3.05, 3.63) is 71.4 Å². The van der Waals surface area contributed by atoms with Gasteiger partial charge in [-0.1, -0.05) is 67.3 Å². The second-order valence-electron chi connectivity index (χ2n) is 10.4. The zero-order valence-electron chi connectivity index (χ0n) is 20.7. The molecule has 1 aliphatic rings. The Balaban J connectivity index is 1.67. The first-order chi connectivity index (χ1) is 16.0. The molecular weight excluding hydrogens is 404 g/mol. The van der Waals surface area contributed by atoms with Crippen LogP contribution in [-0.4, -0.2) is 35.9 Å². The molecule has 33 heavy (non-hydrogen) atoms. The number of rotatable bonds is 10. The number of benzene rings is 2. The smallest absolute Gasteiger partial charge is 0.133 e. The quantitative estimate of drug-likeness (QED) is 0.338. The summed E-state index contributed by atoms with van der Waals surface area (Å²) in [5.41, 5.74) is 5.14. The Labute approximate surface area is 199 Å². The number of para-hydroxylation sites is 1. The van der Waals surface area contributed by atoms with Gasteiger partial charge in [0.15, 0.2) is 0 Å². The van der Waals surface area contributed by atoms with E-state index in [9.17, 15) is 4.79 Å². The van der Waals surface area contributed by atoms with E-state index in [0.29, 0.717) is 18.6 Å². The number of carbonyl (C=O) groups excluding carboxylic acids is 1. The molecule has 3 aromatic rings. The van der Waals surface area contributed by atoms with Crippen LogP contribution in [0.5, 0.6) is 0 Å². The van der Waals surface area contributed by atoms with Crippen LogP contribution < -0.4 is 0 Å². The Morgan fingerprint density at radius 3 is 2.61 bits per heavy atom. The second kappa shape index (κ2) is 11.2. The van der Waals surface area contributed by atoms with E-state index in [-0.39, 0.29) is 5.92 Å². The monoisotopic (exact) mass is 444 g/mol. The van der Waals surface area contributed by atoms with Gasteiger partial charge in [-0.05, 0) is 69.9 Å². The highest BCUT2D eigenvalue weighted by Gasteiger charge is 2.24. The van der Waals surface area contributed by atoms with E-state index in [1.54, 1.807) is 0 Å². The molecule has 0 radical (unpaired) electrons. The number of fused-ring (bicyclic) bond motifs is 1. The van der Waals surface area contributed by atoms with E-state index >= 15 is 0 Å². The molecule has 1 aromatic heterocycles. The molecule has 4 rings (SSSR count). The van der Waals surface area contributed by atoms with Crippen LogP contribution in [0.3, 0.4) is 0 Å². The molecule has 3 nitrogen and oxygen atoms in total. The van der Waals surface area contributed by atoms with E-state index in [1.807, 2.05) is 0 Å². The van der Waals surface area contributed by atoms with Crippen LogP contribution in [0.25, 0.3) is 10.9 Å². The number of nitrogens with zero attached hydrogens (tertiary/aromatic N) is 2. The molecule has 1 fully saturated rings. The van der Waals surface area contributed by atoms with Crippen molar-refractivity contribution in [1.29, 1.82) is 0 Å². The van der Waals surface area contributed by atoms with Gasteiger partial charge in [0.25, 0.3) is 0 Å². The minimum absolute atomic E-state index is 0.106. The standard InChI is InChI=1S/C30H40N2O/c1-23-11-9-14-25(19-23)28(20-26(33)15-10-18-31(2)3)29-22-32(21-24-12-5-4-6-13-24)30-17-8-7-16-27(29)30/h7-9,11,14,16-17,19,22,24,28H,4-6,10,12-13,15,18,20-21H2,1-3H3. The molecule has 1 unspecified atom stereocenters. The molecule has 0 saturated heterocycles. The molecule has 176 valence electrons. The highest BCUT2D eigenvalue weighted by atomic mass is 16.1. The maximum absolute atomic E-state index is 13.1. The van der Waals surface area contributed by atoms with Crippen molar-refractivity contribution in [3.8, 4) is 0 Å². The molecule has 1 aliphatic carbocycles. The van der Waals surface area contributed by atoms with E-state index in [2.05, 4.69) is 85.2 Å². The zero-order chi connectivity index (χ0) is 23.2. The molecule has 1 heterocycles. The first kappa shape index (κ1) is 23.8. The zero-order valence-corrected chi connectivity index (χ0v) is 20.7. The van der Waals surface area contributed by atoms with Crippen molar-refractivity contribution >= 4 is 16.7 Å². The summed E-state index contributed by atoms with van der Waals surface area (Å²) >= 11 is 0. The largest absolute Gasteiger partial charge is 0.347 e. The van der Waals surface area contributed by atoms with Crippen molar-refractivity contribution in [3.63, 3.8) is 0 Å². The van der Waals surface area contributed by atoms with Crippen molar-refractivity contribution in [2.45, 2.75) is 70.8 Å². The van der Waals surface area contributed by atoms with E-state index < -0.39 is 0 Å². The number of Topliss-reactive ketones (excluding diaryl/α,β-unsaturated/α-hetero) is 1. The van der Waals surface area contributed by atoms with E-state index in [4.69, 9.17) is 0 Å². The molecule has 0 amide bonds. The van der Waals surface area contributed by atoms with Gasteiger partial charge in [-0.25, -0.2) is 0 Å². The van der Waals surface area contributed by atoms with E-state index in [1.165, 1.54) is 59.7 Å². The van der Waals surface area contributed by atoms with E-state index in [0.717, 1.165) is 25.4 Å². The molecule has 3 heteroatoms. The lowest BCUT2D eigenvalue weighted by atomic mass is 9.85. The predicted molar refractivity (Wildman–Crippen MR) is 139 cm³/mol. The minimum atomic E-state index is 0.106. The number of aromatic nitrogens is 1. The number of hydrogen-bond acceptors (Lipinski definition) is 2. The summed E-state index contributed by atoms with van der Waals surface area (Å²) in [4.78, 5) is 15.3. The third-order valence-corrected chi connectivity index (χ3v) is 7.31. The second-order valence-corrected chi connectivity index (χ2v) is 10.4. The maximum Gasteiger partial charge on any atom is 0.133 e. The molecular formula is C30H40N2O. The molecule has 2 aromatic carbocycles. The van der Waals surface area contributed by atoms with Gasteiger partial charge in [-0.2, -0.15) is 0 Å². The summed E-state index contributed by atoms with van der Waals surface area (Å²) < 4.78 is 2.49. The highest BCUT2D eigenvalue weighted by Crippen LogP contribution is 2.37. The fourth-order valence-corrected chi connectivity index (χ4v) is 5.57. The molecule has 0 spiro atoms. The van der Waals surface area contributed by atoms with Crippen LogP contribution in [-0.2, 0) is 11.3 Å². The van der Waals surface area contributed by atoms with Gasteiger partial charge in [0.1, 0.15) is 5.78 Å². The van der Waals surface area contributed by atoms with Crippen molar-refractivity contribution < 1.29 is 4.79 Å². The molecule has 0 aliphatic heterocycles. The summed E-state index contributed by atoms with van der Waals surface area (Å²) in [5, 5.41) is 1.31. The average Bonchev–Trinajstić information content (AvgIpc) is 3.16. The fraction of sp³-hybridized carbons (Fsp3) is 0.500. The van der Waals surface area contributed by atoms with Crippen LogP contribution >= 0.6 is 0 Å². The third-order valence-electron chi connectivity index (χ3n) is 7.31. The Bertz CT molecular complexity index is 1060. The fourth-order valence-electron chi connectivity index (χ4n) is 5.57. The Hall–Kier alpha value is -2.39. The van der Waals surface area contributed by atoms with Crippen molar-refractivity contribution in [2.24, 2.45) is 5.92 Å². The molecule has 0 bridgehead atoms. The summed E-state index contributed by atoms with van der Waals surface area (Å²) in [5.74, 6) is 1.24. The summed E-state index contributed by atoms with van der Waals surface area (Å²) in [6.45, 7) is 4.20. The van der Waals surface area contributed by atoms with Gasteiger partial charge in [0.05, 0.1) is 0 Å². The van der Waals surface area contributed by atoms with Crippen LogP contribution in [0.15, 0.2) is 54.7 Å². The number of aryl methyl sites for hydroxylation is 1. The van der Waals surface area contributed by atoms with Crippen LogP contribution in [0.1, 0.15) is 74.0 Å². The van der Waals surface area contributed by atoms with Gasteiger partial charge in [-0.3, -0.25) is 4.79 Å². The Morgan fingerprint density at radius 1 is 1.06 bits per heavy atom. The van der Waals surface area contributed by atoms with Gasteiger partial charge in [0.2, 0.25) is 0 Å². The van der Waals surface area contributed by atoms with Gasteiger partial charge >= 0.3 is 0 Å². The number of hydrogen-bond donors (Lipinski definition) is 0. The highest BCUT2D eigenvalue weighted by molar-refractivity contribution is 5.87. The van der Waals surface area contributed by atoms with Crippen LogP contribution in [0.4, 0.5) is 0 Å². The average molecular weight is 445 g/mol. The Kier molecular flexibility index (Phi) is 8.03. The van der Waals surface area contributed by atoms with Gasteiger partial charge in [-0.15, -0.1) is 0 Å². The SMILES string of the molecule is Cc1cccc(C(CC(=O)CCCN(C)C)c2cn(CC3CCCCC3)c3ccccc23)c1. The first-order valence-corrected chi connectivity index (χ1v) is 12.8. The summed E-state index contributed by atoms with van der Waals surface area (Å²) in [6.07, 6.45) is 11.3. The van der Waals surface area contributed by atoms with Crippen molar-refractivity contribution in [2.75, 3.05) is 20.6 Å². The van der Waals surface area contributed by atoms with Crippen molar-refractivity contribution in [1.82, 2.24) is 9.47 Å².